The number of para-hydroxylation sites is 1. The predicted octanol–water partition coefficient (Wildman–Crippen LogP) is 2.44. The lowest BCUT2D eigenvalue weighted by atomic mass is 10.1. The Morgan fingerprint density at radius 2 is 1.53 bits per heavy atom. The molecule has 0 fully saturated rings. The summed E-state index contributed by atoms with van der Waals surface area (Å²) in [5, 5.41) is 4.87. The highest BCUT2D eigenvalue weighted by Gasteiger charge is 2.07. The molecule has 2 aromatic rings. The van der Waals surface area contributed by atoms with Gasteiger partial charge in [0.15, 0.2) is 5.75 Å². The molecule has 0 amide bonds. The number of hydrogen-bond acceptors (Lipinski definition) is 3. The summed E-state index contributed by atoms with van der Waals surface area (Å²) in [7, 11) is -4.02. The Hall–Kier alpha value is -2.11. The van der Waals surface area contributed by atoms with Crippen molar-refractivity contribution in [3.05, 3.63) is 65.7 Å². The molecular formula is C14H13NO3S. The molecule has 0 atom stereocenters. The minimum atomic E-state index is -4.02. The molecule has 0 aliphatic heterocycles. The number of hydrogen-bond donors (Lipinski definition) is 1. The van der Waals surface area contributed by atoms with Crippen molar-refractivity contribution in [3.8, 4) is 5.75 Å². The number of nitrogens with two attached hydrogens (primary N) is 1. The van der Waals surface area contributed by atoms with E-state index < -0.39 is 10.3 Å². The van der Waals surface area contributed by atoms with E-state index in [4.69, 9.17) is 9.32 Å². The molecule has 5 heteroatoms. The smallest absolute Gasteiger partial charge is 0.370 e. The molecule has 0 saturated carbocycles. The molecule has 2 aromatic carbocycles. The summed E-state index contributed by atoms with van der Waals surface area (Å²) in [4.78, 5) is 0. The normalized spacial score (nSPS) is 11.6. The van der Waals surface area contributed by atoms with Gasteiger partial charge in [0.05, 0.1) is 0 Å². The first-order chi connectivity index (χ1) is 9.04. The van der Waals surface area contributed by atoms with Crippen molar-refractivity contribution in [1.29, 1.82) is 0 Å². The molecule has 2 rings (SSSR count). The van der Waals surface area contributed by atoms with Crippen LogP contribution >= 0.6 is 0 Å². The lowest BCUT2D eigenvalue weighted by molar-refractivity contribution is 0.487. The van der Waals surface area contributed by atoms with Gasteiger partial charge in [-0.25, -0.2) is 0 Å². The molecule has 4 nitrogen and oxygen atoms in total. The summed E-state index contributed by atoms with van der Waals surface area (Å²) in [6, 6.07) is 16.4. The fourth-order valence-corrected chi connectivity index (χ4v) is 1.97. The summed E-state index contributed by atoms with van der Waals surface area (Å²) in [6.45, 7) is 0. The van der Waals surface area contributed by atoms with Gasteiger partial charge in [-0.1, -0.05) is 60.7 Å². The third-order valence-electron chi connectivity index (χ3n) is 2.38. The average Bonchev–Trinajstić information content (AvgIpc) is 2.37. The molecule has 0 spiro atoms. The molecule has 0 bridgehead atoms. The van der Waals surface area contributed by atoms with Crippen LogP contribution in [0.15, 0.2) is 54.6 Å². The lowest BCUT2D eigenvalue weighted by Crippen LogP contribution is -2.19. The molecule has 0 saturated heterocycles. The molecule has 0 aromatic heterocycles. The second-order valence-electron chi connectivity index (χ2n) is 3.86. The molecular weight excluding hydrogens is 262 g/mol. The van der Waals surface area contributed by atoms with E-state index in [0.29, 0.717) is 5.56 Å². The van der Waals surface area contributed by atoms with Gasteiger partial charge in [0.1, 0.15) is 0 Å². The van der Waals surface area contributed by atoms with Crippen molar-refractivity contribution < 1.29 is 12.6 Å². The van der Waals surface area contributed by atoms with Crippen molar-refractivity contribution in [2.45, 2.75) is 0 Å². The van der Waals surface area contributed by atoms with Gasteiger partial charge in [-0.15, -0.1) is 0 Å². The van der Waals surface area contributed by atoms with E-state index in [-0.39, 0.29) is 5.75 Å². The topological polar surface area (TPSA) is 69.4 Å². The van der Waals surface area contributed by atoms with Crippen LogP contribution in [0, 0.1) is 0 Å². The van der Waals surface area contributed by atoms with Crippen molar-refractivity contribution >= 4 is 22.5 Å². The Morgan fingerprint density at radius 1 is 0.895 bits per heavy atom. The highest BCUT2D eigenvalue weighted by atomic mass is 32.2. The van der Waals surface area contributed by atoms with Crippen LogP contribution in [-0.2, 0) is 10.3 Å². The van der Waals surface area contributed by atoms with Crippen molar-refractivity contribution in [3.63, 3.8) is 0 Å². The largest absolute Gasteiger partial charge is 0.380 e. The minimum absolute atomic E-state index is 0.206. The first kappa shape index (κ1) is 13.3. The predicted molar refractivity (Wildman–Crippen MR) is 75.5 cm³/mol. The van der Waals surface area contributed by atoms with Crippen LogP contribution in [0.1, 0.15) is 11.1 Å². The minimum Gasteiger partial charge on any atom is -0.370 e. The lowest BCUT2D eigenvalue weighted by Gasteiger charge is -2.05. The standard InChI is InChI=1S/C14H13NO3S/c15-19(16,17)18-14-9-5-4-8-13(14)11-10-12-6-2-1-3-7-12/h1-11H,(H2,15,16,17). The van der Waals surface area contributed by atoms with Crippen molar-refractivity contribution in [2.75, 3.05) is 0 Å². The van der Waals surface area contributed by atoms with Gasteiger partial charge in [-0.2, -0.15) is 13.6 Å². The highest BCUT2D eigenvalue weighted by Crippen LogP contribution is 2.21. The van der Waals surface area contributed by atoms with Crippen LogP contribution in [0.3, 0.4) is 0 Å². The van der Waals surface area contributed by atoms with E-state index in [1.807, 2.05) is 36.4 Å². The summed E-state index contributed by atoms with van der Waals surface area (Å²) >= 11 is 0. The number of benzene rings is 2. The monoisotopic (exact) mass is 275 g/mol. The van der Waals surface area contributed by atoms with Crippen LogP contribution in [0.5, 0.6) is 5.75 Å². The fourth-order valence-electron chi connectivity index (χ4n) is 1.57. The first-order valence-corrected chi connectivity index (χ1v) is 7.06. The zero-order chi connectivity index (χ0) is 13.7. The van der Waals surface area contributed by atoms with E-state index >= 15 is 0 Å². The Morgan fingerprint density at radius 3 is 2.21 bits per heavy atom. The zero-order valence-electron chi connectivity index (χ0n) is 10.1. The van der Waals surface area contributed by atoms with Crippen molar-refractivity contribution in [2.24, 2.45) is 5.14 Å². The van der Waals surface area contributed by atoms with Gasteiger partial charge in [0.25, 0.3) is 0 Å². The maximum atomic E-state index is 11.0. The van der Waals surface area contributed by atoms with Crippen molar-refractivity contribution in [1.82, 2.24) is 0 Å². The van der Waals surface area contributed by atoms with Gasteiger partial charge in [0.2, 0.25) is 0 Å². The summed E-state index contributed by atoms with van der Waals surface area (Å²) in [6.07, 6.45) is 3.64. The van der Waals surface area contributed by atoms with Crippen LogP contribution < -0.4 is 9.32 Å². The van der Waals surface area contributed by atoms with Gasteiger partial charge >= 0.3 is 10.3 Å². The zero-order valence-corrected chi connectivity index (χ0v) is 10.9. The Bertz CT molecular complexity index is 679. The summed E-state index contributed by atoms with van der Waals surface area (Å²) in [5.41, 5.74) is 1.65. The quantitative estimate of drug-likeness (QED) is 0.871. The number of rotatable bonds is 4. The van der Waals surface area contributed by atoms with Gasteiger partial charge in [-0.05, 0) is 11.6 Å². The summed E-state index contributed by atoms with van der Waals surface area (Å²) in [5.74, 6) is 0.206. The summed E-state index contributed by atoms with van der Waals surface area (Å²) < 4.78 is 26.6. The second-order valence-corrected chi connectivity index (χ2v) is 5.01. The maximum absolute atomic E-state index is 11.0. The molecule has 0 heterocycles. The van der Waals surface area contributed by atoms with E-state index in [1.165, 1.54) is 0 Å². The van der Waals surface area contributed by atoms with E-state index in [0.717, 1.165) is 5.56 Å². The highest BCUT2D eigenvalue weighted by molar-refractivity contribution is 7.84. The third kappa shape index (κ3) is 4.24. The average molecular weight is 275 g/mol. The molecule has 0 aliphatic carbocycles. The first-order valence-electron chi connectivity index (χ1n) is 5.59. The van der Waals surface area contributed by atoms with E-state index in [9.17, 15) is 8.42 Å². The Balaban J connectivity index is 2.28. The molecule has 2 N–H and O–H groups in total. The van der Waals surface area contributed by atoms with Crippen LogP contribution in [-0.4, -0.2) is 8.42 Å². The van der Waals surface area contributed by atoms with Gasteiger partial charge in [-0.3, -0.25) is 0 Å². The molecule has 0 radical (unpaired) electrons. The maximum Gasteiger partial charge on any atom is 0.380 e. The van der Waals surface area contributed by atoms with Crippen LogP contribution in [0.4, 0.5) is 0 Å². The molecule has 0 unspecified atom stereocenters. The van der Waals surface area contributed by atoms with Crippen LogP contribution in [0.2, 0.25) is 0 Å². The second kappa shape index (κ2) is 5.69. The van der Waals surface area contributed by atoms with E-state index in [2.05, 4.69) is 0 Å². The Labute approximate surface area is 112 Å². The van der Waals surface area contributed by atoms with E-state index in [1.54, 1.807) is 30.3 Å². The fraction of sp³-hybridized carbons (Fsp3) is 0. The molecule has 98 valence electrons. The van der Waals surface area contributed by atoms with Gasteiger partial charge in [0, 0.05) is 5.56 Å². The van der Waals surface area contributed by atoms with Gasteiger partial charge < -0.3 is 4.18 Å². The Kier molecular flexibility index (Phi) is 3.99. The molecule has 19 heavy (non-hydrogen) atoms. The molecule has 0 aliphatic rings. The SMILES string of the molecule is NS(=O)(=O)Oc1ccccc1C=Cc1ccccc1. The van der Waals surface area contributed by atoms with Crippen LogP contribution in [0.25, 0.3) is 12.2 Å². The third-order valence-corrected chi connectivity index (χ3v) is 2.79.